The Labute approximate surface area is 115 Å². The highest BCUT2D eigenvalue weighted by Gasteiger charge is 2.24. The van der Waals surface area contributed by atoms with E-state index in [1.807, 2.05) is 0 Å². The third-order valence-electron chi connectivity index (χ3n) is 4.19. The van der Waals surface area contributed by atoms with Gasteiger partial charge in [-0.3, -0.25) is 0 Å². The molecule has 0 radical (unpaired) electrons. The van der Waals surface area contributed by atoms with Crippen molar-refractivity contribution >= 4 is 5.69 Å². The molecule has 0 heterocycles. The van der Waals surface area contributed by atoms with Crippen molar-refractivity contribution in [2.24, 2.45) is 11.8 Å². The van der Waals surface area contributed by atoms with Gasteiger partial charge in [-0.2, -0.15) is 0 Å². The molecule has 19 heavy (non-hydrogen) atoms. The Balaban J connectivity index is 2.04. The third-order valence-corrected chi connectivity index (χ3v) is 4.19. The first kappa shape index (κ1) is 14.2. The van der Waals surface area contributed by atoms with Crippen LogP contribution >= 0.6 is 0 Å². The van der Waals surface area contributed by atoms with E-state index in [9.17, 15) is 4.39 Å². The number of rotatable bonds is 4. The number of methoxy groups -OCH3 is 1. The van der Waals surface area contributed by atoms with Crippen molar-refractivity contribution in [1.29, 1.82) is 0 Å². The molecule has 0 aliphatic heterocycles. The van der Waals surface area contributed by atoms with Crippen LogP contribution in [0.3, 0.4) is 0 Å². The Morgan fingerprint density at radius 1 is 1.32 bits per heavy atom. The summed E-state index contributed by atoms with van der Waals surface area (Å²) < 4.78 is 19.0. The van der Waals surface area contributed by atoms with Gasteiger partial charge < -0.3 is 10.1 Å². The maximum Gasteiger partial charge on any atom is 0.146 e. The average molecular weight is 265 g/mol. The van der Waals surface area contributed by atoms with Crippen LogP contribution < -0.4 is 10.1 Å². The van der Waals surface area contributed by atoms with Gasteiger partial charge in [0, 0.05) is 12.1 Å². The maximum atomic E-state index is 13.8. The highest BCUT2D eigenvalue weighted by atomic mass is 19.1. The Morgan fingerprint density at radius 3 is 2.79 bits per heavy atom. The van der Waals surface area contributed by atoms with Gasteiger partial charge in [0.25, 0.3) is 0 Å². The molecule has 2 rings (SSSR count). The van der Waals surface area contributed by atoms with Crippen molar-refractivity contribution in [2.45, 2.75) is 45.6 Å². The first-order valence-corrected chi connectivity index (χ1v) is 7.20. The molecule has 106 valence electrons. The summed E-state index contributed by atoms with van der Waals surface area (Å²) in [5.74, 6) is 1.95. The zero-order valence-corrected chi connectivity index (χ0v) is 12.1. The Hall–Kier alpha value is -1.25. The molecule has 3 heteroatoms. The second-order valence-corrected chi connectivity index (χ2v) is 5.86. The van der Waals surface area contributed by atoms with Gasteiger partial charge in [0.15, 0.2) is 0 Å². The number of nitrogens with one attached hydrogen (secondary N) is 1. The molecular weight excluding hydrogens is 241 g/mol. The normalized spacial score (nSPS) is 23.4. The van der Waals surface area contributed by atoms with Gasteiger partial charge >= 0.3 is 0 Å². The minimum atomic E-state index is -0.201. The fourth-order valence-corrected chi connectivity index (χ4v) is 2.93. The Morgan fingerprint density at radius 2 is 2.11 bits per heavy atom. The van der Waals surface area contributed by atoms with Gasteiger partial charge in [0.1, 0.15) is 11.6 Å². The fraction of sp³-hybridized carbons (Fsp3) is 0.625. The molecule has 2 atom stereocenters. The van der Waals surface area contributed by atoms with Crippen LogP contribution in [0.4, 0.5) is 10.1 Å². The van der Waals surface area contributed by atoms with E-state index in [-0.39, 0.29) is 5.82 Å². The molecule has 0 bridgehead atoms. The molecule has 1 N–H and O–H groups in total. The number of halogens is 1. The van der Waals surface area contributed by atoms with Crippen LogP contribution in [0, 0.1) is 17.7 Å². The van der Waals surface area contributed by atoms with Crippen LogP contribution in [-0.4, -0.2) is 13.2 Å². The predicted molar refractivity (Wildman–Crippen MR) is 77.2 cm³/mol. The SMILES string of the molecule is COc1ccc(F)c(NC2CCCC(C(C)C)C2)c1. The molecule has 0 aromatic heterocycles. The summed E-state index contributed by atoms with van der Waals surface area (Å²) in [7, 11) is 1.60. The second-order valence-electron chi connectivity index (χ2n) is 5.86. The Kier molecular flexibility index (Phi) is 4.67. The van der Waals surface area contributed by atoms with Crippen LogP contribution in [0.1, 0.15) is 39.5 Å². The fourth-order valence-electron chi connectivity index (χ4n) is 2.93. The van der Waals surface area contributed by atoms with E-state index < -0.39 is 0 Å². The van der Waals surface area contributed by atoms with Crippen LogP contribution in [0.25, 0.3) is 0 Å². The molecule has 1 aliphatic rings. The summed E-state index contributed by atoms with van der Waals surface area (Å²) in [4.78, 5) is 0. The van der Waals surface area contributed by atoms with Gasteiger partial charge in [-0.15, -0.1) is 0 Å². The second kappa shape index (κ2) is 6.27. The first-order chi connectivity index (χ1) is 9.10. The maximum absolute atomic E-state index is 13.8. The van der Waals surface area contributed by atoms with E-state index in [2.05, 4.69) is 19.2 Å². The van der Waals surface area contributed by atoms with E-state index in [0.717, 1.165) is 18.8 Å². The predicted octanol–water partition coefficient (Wildman–Crippen LogP) is 4.46. The van der Waals surface area contributed by atoms with Crippen molar-refractivity contribution in [3.8, 4) is 5.75 Å². The lowest BCUT2D eigenvalue weighted by Gasteiger charge is -2.32. The summed E-state index contributed by atoms with van der Waals surface area (Å²) in [6.07, 6.45) is 4.79. The van der Waals surface area contributed by atoms with Crippen molar-refractivity contribution in [2.75, 3.05) is 12.4 Å². The molecular formula is C16H24FNO. The smallest absolute Gasteiger partial charge is 0.146 e. The lowest BCUT2D eigenvalue weighted by Crippen LogP contribution is -2.29. The minimum absolute atomic E-state index is 0.201. The van der Waals surface area contributed by atoms with Crippen molar-refractivity contribution in [1.82, 2.24) is 0 Å². The van der Waals surface area contributed by atoms with E-state index >= 15 is 0 Å². The topological polar surface area (TPSA) is 21.3 Å². The quantitative estimate of drug-likeness (QED) is 0.867. The minimum Gasteiger partial charge on any atom is -0.497 e. The summed E-state index contributed by atoms with van der Waals surface area (Å²) in [5.41, 5.74) is 0.564. The lowest BCUT2D eigenvalue weighted by atomic mass is 9.79. The van der Waals surface area contributed by atoms with Crippen LogP contribution in [0.15, 0.2) is 18.2 Å². The molecule has 1 saturated carbocycles. The van der Waals surface area contributed by atoms with Gasteiger partial charge in [0.2, 0.25) is 0 Å². The first-order valence-electron chi connectivity index (χ1n) is 7.20. The Bertz CT molecular complexity index is 419. The lowest BCUT2D eigenvalue weighted by molar-refractivity contribution is 0.264. The molecule has 0 amide bonds. The van der Waals surface area contributed by atoms with Crippen LogP contribution in [0.2, 0.25) is 0 Å². The number of hydrogen-bond donors (Lipinski definition) is 1. The number of hydrogen-bond acceptors (Lipinski definition) is 2. The van der Waals surface area contributed by atoms with Crippen LogP contribution in [0.5, 0.6) is 5.75 Å². The van der Waals surface area contributed by atoms with E-state index in [0.29, 0.717) is 23.4 Å². The zero-order valence-electron chi connectivity index (χ0n) is 12.1. The molecule has 0 saturated heterocycles. The summed E-state index contributed by atoms with van der Waals surface area (Å²) in [5, 5.41) is 3.35. The number of ether oxygens (including phenoxy) is 1. The average Bonchev–Trinajstić information content (AvgIpc) is 2.41. The van der Waals surface area contributed by atoms with Gasteiger partial charge in [-0.25, -0.2) is 4.39 Å². The molecule has 2 unspecified atom stereocenters. The van der Waals surface area contributed by atoms with E-state index in [1.165, 1.54) is 18.9 Å². The monoisotopic (exact) mass is 265 g/mol. The summed E-state index contributed by atoms with van der Waals surface area (Å²) in [6, 6.07) is 5.24. The summed E-state index contributed by atoms with van der Waals surface area (Å²) >= 11 is 0. The highest BCUT2D eigenvalue weighted by Crippen LogP contribution is 2.32. The number of anilines is 1. The van der Waals surface area contributed by atoms with Crippen molar-refractivity contribution in [3.63, 3.8) is 0 Å². The molecule has 1 aromatic carbocycles. The van der Waals surface area contributed by atoms with Gasteiger partial charge in [-0.1, -0.05) is 26.7 Å². The molecule has 1 aliphatic carbocycles. The molecule has 0 spiro atoms. The number of benzene rings is 1. The largest absolute Gasteiger partial charge is 0.497 e. The van der Waals surface area contributed by atoms with E-state index in [1.54, 1.807) is 19.2 Å². The van der Waals surface area contributed by atoms with E-state index in [4.69, 9.17) is 4.74 Å². The van der Waals surface area contributed by atoms with Gasteiger partial charge in [0.05, 0.1) is 12.8 Å². The zero-order chi connectivity index (χ0) is 13.8. The van der Waals surface area contributed by atoms with Crippen molar-refractivity contribution in [3.05, 3.63) is 24.0 Å². The molecule has 1 fully saturated rings. The van der Waals surface area contributed by atoms with Crippen molar-refractivity contribution < 1.29 is 9.13 Å². The van der Waals surface area contributed by atoms with Gasteiger partial charge in [-0.05, 0) is 36.8 Å². The third kappa shape index (κ3) is 3.62. The molecule has 2 nitrogen and oxygen atoms in total. The standard InChI is InChI=1S/C16H24FNO/c1-11(2)12-5-4-6-13(9-12)18-16-10-14(19-3)7-8-15(16)17/h7-8,10-13,18H,4-6,9H2,1-3H3. The highest BCUT2D eigenvalue weighted by molar-refractivity contribution is 5.50. The van der Waals surface area contributed by atoms with Crippen LogP contribution in [-0.2, 0) is 0 Å². The summed E-state index contributed by atoms with van der Waals surface area (Å²) in [6.45, 7) is 4.55. The molecule has 1 aromatic rings.